The Labute approximate surface area is 113 Å². The van der Waals surface area contributed by atoms with Crippen molar-refractivity contribution < 1.29 is 44.6 Å². The van der Waals surface area contributed by atoms with E-state index in [1.165, 1.54) is 11.0 Å². The molecule has 0 amide bonds. The second kappa shape index (κ2) is 10.6. The van der Waals surface area contributed by atoms with Gasteiger partial charge in [-0.1, -0.05) is 26.3 Å². The molecule has 1 N–H and O–H groups in total. The third kappa shape index (κ3) is 9.08. The largest absolute Gasteiger partial charge is 1.00 e. The van der Waals surface area contributed by atoms with Gasteiger partial charge in [0.2, 0.25) is 0 Å². The monoisotopic (exact) mass is 223 g/mol. The molecule has 0 rings (SSSR count). The fraction of sp³-hybridized carbons (Fsp3) is 0.700. The molecule has 0 saturated carbocycles. The minimum atomic E-state index is -1.18. The number of carboxylic acids is 1. The topological polar surface area (TPSA) is 63.6 Å². The first kappa shape index (κ1) is 17.5. The van der Waals surface area contributed by atoms with E-state index in [2.05, 4.69) is 13.5 Å². The number of carbonyl (C=O) groups is 1. The van der Waals surface area contributed by atoms with Gasteiger partial charge in [-0.2, -0.15) is 0 Å². The summed E-state index contributed by atoms with van der Waals surface area (Å²) in [5, 5.41) is 19.7. The van der Waals surface area contributed by atoms with Gasteiger partial charge in [-0.05, 0) is 12.5 Å². The van der Waals surface area contributed by atoms with Crippen LogP contribution >= 0.6 is 0 Å². The number of aliphatic hydroxyl groups excluding tert-OH is 1. The smallest absolute Gasteiger partial charge is 0.549 e. The Morgan fingerprint density at radius 2 is 2.20 bits per heavy atom. The molecular weight excluding hydrogens is 205 g/mol. The molecule has 0 aromatic heterocycles. The summed E-state index contributed by atoms with van der Waals surface area (Å²) in [7, 11) is 0. The van der Waals surface area contributed by atoms with Crippen LogP contribution in [0.15, 0.2) is 12.7 Å². The molecule has 0 spiro atoms. The predicted octanol–water partition coefficient (Wildman–Crippen LogP) is -3.26. The third-order valence-corrected chi connectivity index (χ3v) is 1.97. The van der Waals surface area contributed by atoms with Crippen LogP contribution in [-0.2, 0) is 4.79 Å². The summed E-state index contributed by atoms with van der Waals surface area (Å²) >= 11 is 0. The van der Waals surface area contributed by atoms with Crippen molar-refractivity contribution in [1.82, 2.24) is 4.90 Å². The van der Waals surface area contributed by atoms with E-state index in [9.17, 15) is 15.0 Å². The Morgan fingerprint density at radius 1 is 1.60 bits per heavy atom. The summed E-state index contributed by atoms with van der Waals surface area (Å²) in [5.41, 5.74) is 0. The molecule has 0 saturated heterocycles. The van der Waals surface area contributed by atoms with Crippen molar-refractivity contribution in [3.05, 3.63) is 12.7 Å². The molecule has 82 valence electrons. The summed E-state index contributed by atoms with van der Waals surface area (Å²) in [5.74, 6) is -1.18. The fourth-order valence-electron chi connectivity index (χ4n) is 1.18. The first-order valence-electron chi connectivity index (χ1n) is 4.86. The normalized spacial score (nSPS) is 11.9. The van der Waals surface area contributed by atoms with Gasteiger partial charge in [0.05, 0.1) is 5.97 Å². The standard InChI is InChI=1S/C10H19NO3.Na/c1-3-5-6-7-11(8-10(13)14)9(12)4-2;/h4,9,12H,2-3,5-8H2,1H3,(H,13,14);/q;+1/p-1. The van der Waals surface area contributed by atoms with Crippen molar-refractivity contribution in [2.45, 2.75) is 32.4 Å². The molecule has 15 heavy (non-hydrogen) atoms. The van der Waals surface area contributed by atoms with Crippen molar-refractivity contribution in [3.63, 3.8) is 0 Å². The van der Waals surface area contributed by atoms with Crippen LogP contribution in [0, 0.1) is 0 Å². The van der Waals surface area contributed by atoms with Gasteiger partial charge in [-0.3, -0.25) is 4.90 Å². The Balaban J connectivity index is 0. The molecule has 0 heterocycles. The molecule has 0 aromatic rings. The van der Waals surface area contributed by atoms with Crippen molar-refractivity contribution in [3.8, 4) is 0 Å². The number of hydrogen-bond donors (Lipinski definition) is 1. The molecule has 0 radical (unpaired) electrons. The van der Waals surface area contributed by atoms with E-state index < -0.39 is 12.2 Å². The number of nitrogens with zero attached hydrogens (tertiary/aromatic N) is 1. The maximum atomic E-state index is 10.4. The van der Waals surface area contributed by atoms with Gasteiger partial charge < -0.3 is 15.0 Å². The molecule has 0 bridgehead atoms. The van der Waals surface area contributed by atoms with Gasteiger partial charge in [-0.15, -0.1) is 0 Å². The van der Waals surface area contributed by atoms with Gasteiger partial charge in [-0.25, -0.2) is 0 Å². The van der Waals surface area contributed by atoms with E-state index in [-0.39, 0.29) is 36.1 Å². The van der Waals surface area contributed by atoms with Crippen molar-refractivity contribution in [2.24, 2.45) is 0 Å². The van der Waals surface area contributed by atoms with Crippen molar-refractivity contribution in [2.75, 3.05) is 13.1 Å². The molecule has 0 aliphatic heterocycles. The Bertz CT molecular complexity index is 188. The van der Waals surface area contributed by atoms with Crippen LogP contribution in [0.1, 0.15) is 26.2 Å². The maximum Gasteiger partial charge on any atom is 1.00 e. The summed E-state index contributed by atoms with van der Waals surface area (Å²) in [6, 6.07) is 0. The molecule has 0 aliphatic carbocycles. The number of unbranched alkanes of at least 4 members (excludes halogenated alkanes) is 2. The zero-order chi connectivity index (χ0) is 11.0. The van der Waals surface area contributed by atoms with Gasteiger partial charge in [0.15, 0.2) is 0 Å². The zero-order valence-corrected chi connectivity index (χ0v) is 11.6. The number of hydrogen-bond acceptors (Lipinski definition) is 4. The average Bonchev–Trinajstić information content (AvgIpc) is 2.15. The molecular formula is C10H18NNaO3. The van der Waals surface area contributed by atoms with E-state index in [1.54, 1.807) is 0 Å². The number of aliphatic carboxylic acids is 1. The van der Waals surface area contributed by atoms with Crippen LogP contribution in [-0.4, -0.2) is 35.3 Å². The number of carboxylic acid groups (broad SMARTS) is 1. The van der Waals surface area contributed by atoms with E-state index in [0.717, 1.165) is 19.3 Å². The Hall–Kier alpha value is 0.130. The average molecular weight is 223 g/mol. The predicted molar refractivity (Wildman–Crippen MR) is 52.3 cm³/mol. The first-order valence-corrected chi connectivity index (χ1v) is 4.86. The van der Waals surface area contributed by atoms with Crippen LogP contribution < -0.4 is 34.7 Å². The SMILES string of the molecule is C=CC(O)N(CCCCC)CC(=O)[O-].[Na+]. The van der Waals surface area contributed by atoms with Gasteiger partial charge in [0.25, 0.3) is 0 Å². The van der Waals surface area contributed by atoms with Crippen LogP contribution in [0.3, 0.4) is 0 Å². The number of aliphatic hydroxyl groups is 1. The Morgan fingerprint density at radius 3 is 2.60 bits per heavy atom. The zero-order valence-electron chi connectivity index (χ0n) is 9.61. The summed E-state index contributed by atoms with van der Waals surface area (Å²) in [4.78, 5) is 11.8. The van der Waals surface area contributed by atoms with E-state index in [0.29, 0.717) is 6.54 Å². The van der Waals surface area contributed by atoms with Crippen LogP contribution in [0.2, 0.25) is 0 Å². The minimum absolute atomic E-state index is 0. The molecule has 0 aliphatic rings. The van der Waals surface area contributed by atoms with Crippen LogP contribution in [0.4, 0.5) is 0 Å². The number of carbonyl (C=O) groups excluding carboxylic acids is 1. The van der Waals surface area contributed by atoms with Gasteiger partial charge in [0, 0.05) is 13.1 Å². The molecule has 1 unspecified atom stereocenters. The van der Waals surface area contributed by atoms with Crippen molar-refractivity contribution >= 4 is 5.97 Å². The molecule has 1 atom stereocenters. The second-order valence-corrected chi connectivity index (χ2v) is 3.20. The second-order valence-electron chi connectivity index (χ2n) is 3.20. The summed E-state index contributed by atoms with van der Waals surface area (Å²) < 4.78 is 0. The van der Waals surface area contributed by atoms with Crippen LogP contribution in [0.25, 0.3) is 0 Å². The molecule has 0 fully saturated rings. The summed E-state index contributed by atoms with van der Waals surface area (Å²) in [6.45, 7) is 5.77. The third-order valence-electron chi connectivity index (χ3n) is 1.97. The molecule has 4 nitrogen and oxygen atoms in total. The molecule has 0 aromatic carbocycles. The van der Waals surface area contributed by atoms with E-state index in [4.69, 9.17) is 0 Å². The van der Waals surface area contributed by atoms with Crippen LogP contribution in [0.5, 0.6) is 0 Å². The molecule has 5 heteroatoms. The maximum absolute atomic E-state index is 10.4. The number of rotatable bonds is 8. The first-order chi connectivity index (χ1) is 6.61. The fourth-order valence-corrected chi connectivity index (χ4v) is 1.18. The Kier molecular flexibility index (Phi) is 12.4. The minimum Gasteiger partial charge on any atom is -0.549 e. The van der Waals surface area contributed by atoms with Gasteiger partial charge in [0.1, 0.15) is 6.23 Å². The summed E-state index contributed by atoms with van der Waals surface area (Å²) in [6.07, 6.45) is 3.37. The van der Waals surface area contributed by atoms with Gasteiger partial charge >= 0.3 is 29.6 Å². The quantitative estimate of drug-likeness (QED) is 0.203. The van der Waals surface area contributed by atoms with Crippen molar-refractivity contribution in [1.29, 1.82) is 0 Å². The van der Waals surface area contributed by atoms with E-state index >= 15 is 0 Å². The van der Waals surface area contributed by atoms with E-state index in [1.807, 2.05) is 0 Å².